The van der Waals surface area contributed by atoms with Gasteiger partial charge in [-0.25, -0.2) is 42.5 Å². The van der Waals surface area contributed by atoms with Gasteiger partial charge in [0, 0.05) is 48.6 Å². The largest absolute Gasteiger partial charge is 0.481 e. The van der Waals surface area contributed by atoms with Gasteiger partial charge < -0.3 is 24.4 Å². The van der Waals surface area contributed by atoms with Crippen molar-refractivity contribution < 1.29 is 46.4 Å². The van der Waals surface area contributed by atoms with Gasteiger partial charge in [0.25, 0.3) is 5.95 Å². The fraction of sp³-hybridized carbons (Fsp3) is 0.250. The van der Waals surface area contributed by atoms with Crippen molar-refractivity contribution in [3.05, 3.63) is 157 Å². The first-order valence-corrected chi connectivity index (χ1v) is 21.3. The average molecular weight is 1020 g/mol. The maximum Gasteiger partial charge on any atom is 0.253 e. The van der Waals surface area contributed by atoms with Crippen molar-refractivity contribution in [2.75, 3.05) is 26.3 Å². The molecule has 14 nitrogen and oxygen atoms in total. The van der Waals surface area contributed by atoms with Crippen LogP contribution in [0.5, 0.6) is 17.6 Å². The van der Waals surface area contributed by atoms with E-state index in [0.717, 1.165) is 64.1 Å². The van der Waals surface area contributed by atoms with Crippen LogP contribution in [0.2, 0.25) is 5.02 Å². The van der Waals surface area contributed by atoms with E-state index >= 15 is 0 Å². The van der Waals surface area contributed by atoms with Crippen LogP contribution in [0, 0.1) is 50.0 Å². The van der Waals surface area contributed by atoms with Crippen molar-refractivity contribution >= 4 is 50.5 Å². The lowest BCUT2D eigenvalue weighted by Crippen LogP contribution is -2.21. The van der Waals surface area contributed by atoms with Gasteiger partial charge in [0.2, 0.25) is 23.6 Å². The van der Waals surface area contributed by atoms with Crippen LogP contribution in [0.1, 0.15) is 57.1 Å². The average Bonchev–Trinajstić information content (AvgIpc) is 3.79. The molecule has 0 aliphatic carbocycles. The number of thiophene rings is 1. The van der Waals surface area contributed by atoms with Crippen LogP contribution in [0.25, 0.3) is 5.00 Å². The number of aliphatic hydroxyl groups is 2. The highest BCUT2D eigenvalue weighted by Crippen LogP contribution is 2.39. The minimum absolute atomic E-state index is 0. The number of hydrazone groups is 1. The fourth-order valence-electron chi connectivity index (χ4n) is 5.95. The van der Waals surface area contributed by atoms with Crippen molar-refractivity contribution in [3.63, 3.8) is 0 Å². The number of benzene rings is 1. The summed E-state index contributed by atoms with van der Waals surface area (Å²) >= 11 is 11.0. The molecule has 1 aromatic carbocycles. The third-order valence-corrected chi connectivity index (χ3v) is 11.2. The number of rotatable bonds is 9. The van der Waals surface area contributed by atoms with Gasteiger partial charge in [0.05, 0.1) is 65.9 Å². The van der Waals surface area contributed by atoms with Crippen molar-refractivity contribution in [2.24, 2.45) is 5.10 Å². The molecular weight excluding hydrogens is 977 g/mol. The summed E-state index contributed by atoms with van der Waals surface area (Å²) in [5.74, 6) is -0.444. The molecule has 0 saturated carbocycles. The third-order valence-electron chi connectivity index (χ3n) is 9.12. The first-order valence-electron chi connectivity index (χ1n) is 18.9. The smallest absolute Gasteiger partial charge is 0.253 e. The minimum atomic E-state index is -0.830. The number of anilines is 1. The van der Waals surface area contributed by atoms with Crippen molar-refractivity contribution in [2.45, 2.75) is 53.3 Å². The Morgan fingerprint density at radius 2 is 1.17 bits per heavy atom. The number of aliphatic hydroxyl groups excluding tert-OH is 2. The summed E-state index contributed by atoms with van der Waals surface area (Å²) in [5, 5.41) is 34.7. The summed E-state index contributed by atoms with van der Waals surface area (Å²) in [6.45, 7) is 5.47. The molecule has 0 fully saturated rings. The topological polar surface area (TPSA) is 166 Å². The zero-order valence-corrected chi connectivity index (χ0v) is 38.6. The quantitative estimate of drug-likeness (QED) is 0.0800. The molecule has 0 amide bonds. The van der Waals surface area contributed by atoms with Crippen molar-refractivity contribution in [1.29, 1.82) is 0 Å². The Hall–Kier alpha value is -6.13. The van der Waals surface area contributed by atoms with E-state index < -0.39 is 30.0 Å². The van der Waals surface area contributed by atoms with Gasteiger partial charge in [-0.3, -0.25) is 4.57 Å². The van der Waals surface area contributed by atoms with Crippen molar-refractivity contribution in [3.8, 4) is 22.6 Å². The van der Waals surface area contributed by atoms with Gasteiger partial charge in [-0.1, -0.05) is 47.1 Å². The standard InChI is InChI=1S/C23H20ClFN6OS.C7H7BrFNO.C7H8FNO2.C6H5F2NO.CH4/c1-12-13(2)33-22-19(12)20(15-5-7-17(24)8-6-15)29-30(23-28-27-14(3)31(22)23)11-16-9-18(25)10-26-21(16)32-4;1-11-7-5(3-8)2-6(9)4-10-7;1-11-7-5(4-10)2-6(8)3-9-7;7-5-1-4(3-10)6(8)9-2-5;/h5-10H,11H2,1-4H3;2,4H,3H2,1H3;2-3,10H,4H2,1H3;1-2,10H,3H2;1H4. The zero-order chi connectivity index (χ0) is 47.4. The lowest BCUT2D eigenvalue weighted by Gasteiger charge is -2.19. The minimum Gasteiger partial charge on any atom is -0.481 e. The highest BCUT2D eigenvalue weighted by atomic mass is 79.9. The molecule has 1 aliphatic heterocycles. The third kappa shape index (κ3) is 12.8. The summed E-state index contributed by atoms with van der Waals surface area (Å²) in [6, 6.07) is 12.4. The van der Waals surface area contributed by atoms with Gasteiger partial charge >= 0.3 is 0 Å². The molecule has 350 valence electrons. The second kappa shape index (κ2) is 24.4. The van der Waals surface area contributed by atoms with E-state index in [4.69, 9.17) is 41.1 Å². The number of pyridine rings is 4. The van der Waals surface area contributed by atoms with E-state index in [2.05, 4.69) is 59.9 Å². The number of aromatic nitrogens is 7. The number of methoxy groups -OCH3 is 3. The number of nitrogens with zero attached hydrogens (tertiary/aromatic N) is 9. The van der Waals surface area contributed by atoms with E-state index in [9.17, 15) is 22.0 Å². The number of hydrogen-bond donors (Lipinski definition) is 2. The Bertz CT molecular complexity index is 2710. The number of fused-ring (bicyclic) bond motifs is 3. The molecule has 7 aromatic rings. The van der Waals surface area contributed by atoms with Crippen LogP contribution >= 0.6 is 38.9 Å². The van der Waals surface area contributed by atoms with Crippen LogP contribution < -0.4 is 19.2 Å². The Balaban J connectivity index is 0.000000235. The highest BCUT2D eigenvalue weighted by Gasteiger charge is 2.31. The number of alkyl halides is 1. The highest BCUT2D eigenvalue weighted by molar-refractivity contribution is 9.08. The lowest BCUT2D eigenvalue weighted by atomic mass is 10.00. The molecule has 0 atom stereocenters. The van der Waals surface area contributed by atoms with Gasteiger partial charge in [-0.05, 0) is 62.7 Å². The van der Waals surface area contributed by atoms with E-state index in [1.54, 1.807) is 16.3 Å². The summed E-state index contributed by atoms with van der Waals surface area (Å²) in [5.41, 5.74) is 5.32. The molecule has 0 radical (unpaired) electrons. The van der Waals surface area contributed by atoms with E-state index in [1.807, 2.05) is 35.8 Å². The Labute approximate surface area is 394 Å². The first-order chi connectivity index (χ1) is 31.2. The molecule has 1 aliphatic rings. The van der Waals surface area contributed by atoms with Gasteiger partial charge in [-0.2, -0.15) is 9.49 Å². The van der Waals surface area contributed by atoms with E-state index in [0.29, 0.717) is 44.8 Å². The van der Waals surface area contributed by atoms with Crippen LogP contribution in [-0.4, -0.2) is 72.0 Å². The molecule has 7 heterocycles. The van der Waals surface area contributed by atoms with Crippen LogP contribution in [-0.2, 0) is 25.1 Å². The van der Waals surface area contributed by atoms with E-state index in [-0.39, 0.29) is 37.8 Å². The molecule has 2 N–H and O–H groups in total. The second-order valence-electron chi connectivity index (χ2n) is 13.4. The SMILES string of the molecule is C.COc1ncc(F)cc1CBr.COc1ncc(F)cc1CN1N=C(c2ccc(Cl)cc2)c2c(sc(C)c2C)-n2c(C)nnc21.COc1ncc(F)cc1CO.OCc1cc(F)cnc1F. The Kier molecular flexibility index (Phi) is 19.4. The molecule has 0 unspecified atom stereocenters. The van der Waals surface area contributed by atoms with Crippen LogP contribution in [0.4, 0.5) is 27.9 Å². The lowest BCUT2D eigenvalue weighted by molar-refractivity contribution is 0.270. The maximum absolute atomic E-state index is 14.0. The predicted molar refractivity (Wildman–Crippen MR) is 244 cm³/mol. The molecule has 0 spiro atoms. The Morgan fingerprint density at radius 3 is 1.68 bits per heavy atom. The molecule has 8 rings (SSSR count). The normalized spacial score (nSPS) is 11.1. The molecule has 0 saturated heterocycles. The predicted octanol–water partition coefficient (Wildman–Crippen LogP) is 9.56. The maximum atomic E-state index is 14.0. The number of ether oxygens (including phenoxy) is 3. The summed E-state index contributed by atoms with van der Waals surface area (Å²) in [6.07, 6.45) is 4.06. The van der Waals surface area contributed by atoms with Crippen LogP contribution in [0.3, 0.4) is 0 Å². The molecule has 0 bridgehead atoms. The van der Waals surface area contributed by atoms with Gasteiger partial charge in [0.15, 0.2) is 0 Å². The summed E-state index contributed by atoms with van der Waals surface area (Å²) in [7, 11) is 4.43. The molecular formula is C44H44BrClF5N9O5S. The van der Waals surface area contributed by atoms with E-state index in [1.165, 1.54) is 44.4 Å². The molecule has 66 heavy (non-hydrogen) atoms. The second-order valence-corrected chi connectivity index (χ2v) is 15.6. The summed E-state index contributed by atoms with van der Waals surface area (Å²) in [4.78, 5) is 15.6. The number of hydrogen-bond acceptors (Lipinski definition) is 14. The van der Waals surface area contributed by atoms with Gasteiger partial charge in [0.1, 0.15) is 39.8 Å². The Morgan fingerprint density at radius 1 is 0.682 bits per heavy atom. The number of aryl methyl sites for hydroxylation is 2. The van der Waals surface area contributed by atoms with Gasteiger partial charge in [-0.15, -0.1) is 21.5 Å². The van der Waals surface area contributed by atoms with Crippen LogP contribution in [0.15, 0.2) is 78.4 Å². The molecule has 6 aromatic heterocycles. The number of halogens is 7. The fourth-order valence-corrected chi connectivity index (χ4v) is 7.68. The summed E-state index contributed by atoms with van der Waals surface area (Å²) < 4.78 is 80.5. The monoisotopic (exact) mass is 1020 g/mol. The molecule has 22 heteroatoms. The first kappa shape index (κ1) is 52.5. The van der Waals surface area contributed by atoms with Crippen molar-refractivity contribution in [1.82, 2.24) is 34.7 Å². The zero-order valence-electron chi connectivity index (χ0n) is 35.5.